The molecule has 1 aromatic heterocycles. The molecule has 1 aliphatic heterocycles. The largest absolute Gasteiger partial charge is 0.486 e. The Bertz CT molecular complexity index is 583. The van der Waals surface area contributed by atoms with Crippen molar-refractivity contribution in [1.82, 2.24) is 15.6 Å². The van der Waals surface area contributed by atoms with E-state index in [1.165, 1.54) is 5.56 Å². The molecular formula is C14H17N3O3. The molecule has 20 heavy (non-hydrogen) atoms. The molecule has 106 valence electrons. The predicted octanol–water partition coefficient (Wildman–Crippen LogP) is 1.48. The average molecular weight is 275 g/mol. The number of hydrogen-bond donors (Lipinski definition) is 1. The van der Waals surface area contributed by atoms with Gasteiger partial charge in [-0.3, -0.25) is 0 Å². The molecule has 0 radical (unpaired) electrons. The van der Waals surface area contributed by atoms with Gasteiger partial charge in [0.25, 0.3) is 0 Å². The number of aryl methyl sites for hydroxylation is 1. The highest BCUT2D eigenvalue weighted by Gasteiger charge is 2.11. The van der Waals surface area contributed by atoms with Crippen LogP contribution in [0.5, 0.6) is 11.5 Å². The second-order valence-electron chi connectivity index (χ2n) is 4.70. The van der Waals surface area contributed by atoms with Crippen molar-refractivity contribution in [2.24, 2.45) is 0 Å². The number of benzene rings is 1. The molecule has 1 aliphatic rings. The molecule has 2 heterocycles. The van der Waals surface area contributed by atoms with Gasteiger partial charge in [-0.15, -0.1) is 0 Å². The van der Waals surface area contributed by atoms with Gasteiger partial charge in [0.15, 0.2) is 11.5 Å². The minimum absolute atomic E-state index is 0.618. The van der Waals surface area contributed by atoms with Crippen molar-refractivity contribution in [3.05, 3.63) is 35.2 Å². The van der Waals surface area contributed by atoms with E-state index < -0.39 is 0 Å². The van der Waals surface area contributed by atoms with Gasteiger partial charge in [-0.2, -0.15) is 0 Å². The summed E-state index contributed by atoms with van der Waals surface area (Å²) in [7, 11) is 0. The molecule has 2 aromatic rings. The Morgan fingerprint density at radius 2 is 2.00 bits per heavy atom. The SMILES string of the molecule is Cc1nonc1CNCCc1ccc2c(c1)OCCO2. The molecule has 6 nitrogen and oxygen atoms in total. The second-order valence-corrected chi connectivity index (χ2v) is 4.70. The predicted molar refractivity (Wildman–Crippen MR) is 71.9 cm³/mol. The minimum Gasteiger partial charge on any atom is -0.486 e. The normalized spacial score (nSPS) is 13.4. The molecule has 0 saturated heterocycles. The van der Waals surface area contributed by atoms with Gasteiger partial charge in [0.1, 0.15) is 24.6 Å². The number of nitrogens with one attached hydrogen (secondary N) is 1. The van der Waals surface area contributed by atoms with Crippen LogP contribution in [0.4, 0.5) is 0 Å². The number of ether oxygens (including phenoxy) is 2. The van der Waals surface area contributed by atoms with Gasteiger partial charge in [-0.05, 0) is 37.6 Å². The van der Waals surface area contributed by atoms with Crippen LogP contribution >= 0.6 is 0 Å². The summed E-state index contributed by atoms with van der Waals surface area (Å²) in [6, 6.07) is 6.08. The molecule has 0 atom stereocenters. The summed E-state index contributed by atoms with van der Waals surface area (Å²) < 4.78 is 15.7. The Balaban J connectivity index is 1.50. The fourth-order valence-corrected chi connectivity index (χ4v) is 2.09. The Morgan fingerprint density at radius 3 is 2.80 bits per heavy atom. The summed E-state index contributed by atoms with van der Waals surface area (Å²) in [5.74, 6) is 1.67. The topological polar surface area (TPSA) is 69.4 Å². The quantitative estimate of drug-likeness (QED) is 0.834. The number of fused-ring (bicyclic) bond motifs is 1. The zero-order chi connectivity index (χ0) is 13.8. The van der Waals surface area contributed by atoms with Crippen molar-refractivity contribution < 1.29 is 14.1 Å². The fourth-order valence-electron chi connectivity index (χ4n) is 2.09. The molecule has 0 fully saturated rings. The minimum atomic E-state index is 0.618. The van der Waals surface area contributed by atoms with Crippen molar-refractivity contribution in [3.8, 4) is 11.5 Å². The molecule has 3 rings (SSSR count). The van der Waals surface area contributed by atoms with Gasteiger partial charge in [0.2, 0.25) is 0 Å². The van der Waals surface area contributed by atoms with E-state index in [0.29, 0.717) is 19.8 Å². The van der Waals surface area contributed by atoms with E-state index in [2.05, 4.69) is 26.3 Å². The molecule has 1 N–H and O–H groups in total. The third-order valence-electron chi connectivity index (χ3n) is 3.24. The Hall–Kier alpha value is -2.08. The average Bonchev–Trinajstić information content (AvgIpc) is 2.89. The van der Waals surface area contributed by atoms with Gasteiger partial charge in [-0.25, -0.2) is 4.63 Å². The Labute approximate surface area is 117 Å². The molecule has 6 heteroatoms. The second kappa shape index (κ2) is 5.92. The van der Waals surface area contributed by atoms with Crippen molar-refractivity contribution in [2.45, 2.75) is 19.9 Å². The summed E-state index contributed by atoms with van der Waals surface area (Å²) in [6.07, 6.45) is 0.918. The van der Waals surface area contributed by atoms with E-state index in [-0.39, 0.29) is 0 Å². The van der Waals surface area contributed by atoms with Crippen LogP contribution in [0.25, 0.3) is 0 Å². The Kier molecular flexibility index (Phi) is 3.83. The van der Waals surface area contributed by atoms with Gasteiger partial charge < -0.3 is 14.8 Å². The van der Waals surface area contributed by atoms with Crippen LogP contribution in [0.15, 0.2) is 22.8 Å². The highest BCUT2D eigenvalue weighted by Crippen LogP contribution is 2.30. The maximum absolute atomic E-state index is 5.57. The van der Waals surface area contributed by atoms with Crippen molar-refractivity contribution >= 4 is 0 Å². The maximum atomic E-state index is 5.57. The van der Waals surface area contributed by atoms with E-state index >= 15 is 0 Å². The van der Waals surface area contributed by atoms with Crippen LogP contribution in [-0.4, -0.2) is 30.1 Å². The molecule has 1 aromatic carbocycles. The van der Waals surface area contributed by atoms with Gasteiger partial charge in [-0.1, -0.05) is 16.4 Å². The van der Waals surface area contributed by atoms with Crippen LogP contribution in [0.3, 0.4) is 0 Å². The molecule has 0 amide bonds. The van der Waals surface area contributed by atoms with E-state index in [9.17, 15) is 0 Å². The third-order valence-corrected chi connectivity index (χ3v) is 3.24. The molecular weight excluding hydrogens is 258 g/mol. The van der Waals surface area contributed by atoms with E-state index in [0.717, 1.165) is 35.9 Å². The lowest BCUT2D eigenvalue weighted by Crippen LogP contribution is -2.18. The van der Waals surface area contributed by atoms with Gasteiger partial charge >= 0.3 is 0 Å². The highest BCUT2D eigenvalue weighted by atomic mass is 16.6. The lowest BCUT2D eigenvalue weighted by Gasteiger charge is -2.18. The number of rotatable bonds is 5. The monoisotopic (exact) mass is 275 g/mol. The van der Waals surface area contributed by atoms with Crippen LogP contribution in [0.2, 0.25) is 0 Å². The number of nitrogens with zero attached hydrogens (tertiary/aromatic N) is 2. The standard InChI is InChI=1S/C14H17N3O3/c1-10-12(17-20-16-10)9-15-5-4-11-2-3-13-14(8-11)19-7-6-18-13/h2-3,8,15H,4-7,9H2,1H3. The van der Waals surface area contributed by atoms with Crippen LogP contribution < -0.4 is 14.8 Å². The lowest BCUT2D eigenvalue weighted by molar-refractivity contribution is 0.171. The smallest absolute Gasteiger partial charge is 0.161 e. The number of hydrogen-bond acceptors (Lipinski definition) is 6. The first-order chi connectivity index (χ1) is 9.83. The first-order valence-corrected chi connectivity index (χ1v) is 6.70. The van der Waals surface area contributed by atoms with Crippen molar-refractivity contribution in [3.63, 3.8) is 0 Å². The molecule has 0 saturated carbocycles. The summed E-state index contributed by atoms with van der Waals surface area (Å²) in [4.78, 5) is 0. The molecule has 0 spiro atoms. The Morgan fingerprint density at radius 1 is 1.15 bits per heavy atom. The third kappa shape index (κ3) is 2.91. The highest BCUT2D eigenvalue weighted by molar-refractivity contribution is 5.43. The van der Waals surface area contributed by atoms with Crippen LogP contribution in [0.1, 0.15) is 17.0 Å². The zero-order valence-electron chi connectivity index (χ0n) is 11.4. The molecule has 0 aliphatic carbocycles. The summed E-state index contributed by atoms with van der Waals surface area (Å²) in [6.45, 7) is 4.65. The first kappa shape index (κ1) is 12.9. The van der Waals surface area contributed by atoms with Crippen LogP contribution in [-0.2, 0) is 13.0 Å². The summed E-state index contributed by atoms with van der Waals surface area (Å²) in [5, 5.41) is 10.9. The summed E-state index contributed by atoms with van der Waals surface area (Å²) >= 11 is 0. The van der Waals surface area contributed by atoms with E-state index in [1.54, 1.807) is 0 Å². The van der Waals surface area contributed by atoms with Gasteiger partial charge in [0.05, 0.1) is 0 Å². The fraction of sp³-hybridized carbons (Fsp3) is 0.429. The van der Waals surface area contributed by atoms with Crippen molar-refractivity contribution in [2.75, 3.05) is 19.8 Å². The molecule has 0 unspecified atom stereocenters. The van der Waals surface area contributed by atoms with Crippen molar-refractivity contribution in [1.29, 1.82) is 0 Å². The lowest BCUT2D eigenvalue weighted by atomic mass is 10.1. The zero-order valence-corrected chi connectivity index (χ0v) is 11.4. The number of aromatic nitrogens is 2. The van der Waals surface area contributed by atoms with E-state index in [4.69, 9.17) is 9.47 Å². The van der Waals surface area contributed by atoms with Crippen LogP contribution in [0, 0.1) is 6.92 Å². The maximum Gasteiger partial charge on any atom is 0.161 e. The summed E-state index contributed by atoms with van der Waals surface area (Å²) in [5.41, 5.74) is 2.90. The van der Waals surface area contributed by atoms with E-state index in [1.807, 2.05) is 19.1 Å². The molecule has 0 bridgehead atoms. The van der Waals surface area contributed by atoms with Gasteiger partial charge in [0, 0.05) is 6.54 Å². The first-order valence-electron chi connectivity index (χ1n) is 6.70.